The van der Waals surface area contributed by atoms with Crippen molar-refractivity contribution in [3.8, 4) is 5.75 Å². The number of aromatic amines is 1. The third-order valence-corrected chi connectivity index (χ3v) is 6.11. The highest BCUT2D eigenvalue weighted by molar-refractivity contribution is 5.87. The molecule has 0 radical (unpaired) electrons. The van der Waals surface area contributed by atoms with E-state index in [1.807, 2.05) is 19.1 Å². The first kappa shape index (κ1) is 18.4. The van der Waals surface area contributed by atoms with Crippen LogP contribution in [0.2, 0.25) is 0 Å². The largest absolute Gasteiger partial charge is 0.491 e. The maximum absolute atomic E-state index is 6.17. The molecule has 152 valence electrons. The normalized spacial score (nSPS) is 24.4. The van der Waals surface area contributed by atoms with Gasteiger partial charge >= 0.3 is 0 Å². The summed E-state index contributed by atoms with van der Waals surface area (Å²) in [5.74, 6) is 1.80. The Morgan fingerprint density at radius 1 is 1.31 bits per heavy atom. The first-order valence-electron chi connectivity index (χ1n) is 10.3. The molecule has 0 spiro atoms. The number of hydrogen-bond donors (Lipinski definition) is 2. The third kappa shape index (κ3) is 3.34. The van der Waals surface area contributed by atoms with E-state index in [0.717, 1.165) is 47.9 Å². The van der Waals surface area contributed by atoms with Crippen molar-refractivity contribution in [2.75, 3.05) is 32.2 Å². The van der Waals surface area contributed by atoms with Gasteiger partial charge in [-0.15, -0.1) is 0 Å². The van der Waals surface area contributed by atoms with Gasteiger partial charge in [-0.1, -0.05) is 18.2 Å². The van der Waals surface area contributed by atoms with Crippen molar-refractivity contribution in [3.05, 3.63) is 47.9 Å². The number of para-hydroxylation sites is 1. The van der Waals surface area contributed by atoms with Crippen LogP contribution in [0, 0.1) is 6.92 Å². The van der Waals surface area contributed by atoms with Crippen molar-refractivity contribution in [2.24, 2.45) is 0 Å². The third-order valence-electron chi connectivity index (χ3n) is 6.11. The van der Waals surface area contributed by atoms with Crippen LogP contribution in [0.15, 0.2) is 36.7 Å². The summed E-state index contributed by atoms with van der Waals surface area (Å²) in [6.45, 7) is 4.50. The standard InChI is InChI=1S/C22H27N5O2/c1-14-10-17-21(25-14)23-13-24-22(17)26-20-16-7-3-4-8-19(16)29-12-18(20)27-9-5-6-15(27)11-28-2/h3-4,7-8,10,13,15,18,20H,5-6,9,11-12H2,1-2H3,(H2,23,24,25,26). The average Bonchev–Trinajstić information content (AvgIpc) is 3.35. The molecule has 1 fully saturated rings. The van der Waals surface area contributed by atoms with Gasteiger partial charge in [-0.05, 0) is 38.4 Å². The second-order valence-corrected chi connectivity index (χ2v) is 7.96. The first-order chi connectivity index (χ1) is 14.2. The Morgan fingerprint density at radius 2 is 2.21 bits per heavy atom. The second kappa shape index (κ2) is 7.65. The van der Waals surface area contributed by atoms with Gasteiger partial charge in [-0.3, -0.25) is 4.90 Å². The fourth-order valence-electron chi connectivity index (χ4n) is 4.81. The number of nitrogens with zero attached hydrogens (tertiary/aromatic N) is 3. The SMILES string of the molecule is COCC1CCCN1C1COc2ccccc2C1Nc1ncnc2[nH]c(C)cc12. The molecule has 0 bridgehead atoms. The lowest BCUT2D eigenvalue weighted by molar-refractivity contribution is 0.0523. The van der Waals surface area contributed by atoms with Crippen molar-refractivity contribution in [3.63, 3.8) is 0 Å². The van der Waals surface area contributed by atoms with Crippen LogP contribution in [0.1, 0.15) is 30.1 Å². The van der Waals surface area contributed by atoms with Crippen LogP contribution in [0.5, 0.6) is 5.75 Å². The van der Waals surface area contributed by atoms with Crippen LogP contribution in [-0.2, 0) is 4.74 Å². The van der Waals surface area contributed by atoms with Crippen molar-refractivity contribution in [1.29, 1.82) is 0 Å². The quantitative estimate of drug-likeness (QED) is 0.693. The van der Waals surface area contributed by atoms with E-state index in [2.05, 4.69) is 43.4 Å². The van der Waals surface area contributed by atoms with E-state index in [1.54, 1.807) is 13.4 Å². The number of ether oxygens (including phenoxy) is 2. The van der Waals surface area contributed by atoms with Crippen LogP contribution < -0.4 is 10.1 Å². The first-order valence-corrected chi connectivity index (χ1v) is 10.3. The van der Waals surface area contributed by atoms with Gasteiger partial charge in [0.2, 0.25) is 0 Å². The van der Waals surface area contributed by atoms with Gasteiger partial charge in [0, 0.05) is 24.4 Å². The van der Waals surface area contributed by atoms with Crippen LogP contribution in [0.25, 0.3) is 11.0 Å². The predicted octanol–water partition coefficient (Wildman–Crippen LogP) is 3.29. The molecule has 1 aromatic carbocycles. The average molecular weight is 393 g/mol. The predicted molar refractivity (Wildman–Crippen MR) is 112 cm³/mol. The fraction of sp³-hybridized carbons (Fsp3) is 0.455. The Bertz CT molecular complexity index is 1000. The van der Waals surface area contributed by atoms with E-state index in [4.69, 9.17) is 9.47 Å². The fourth-order valence-corrected chi connectivity index (χ4v) is 4.81. The number of H-pyrrole nitrogens is 1. The highest BCUT2D eigenvalue weighted by atomic mass is 16.5. The lowest BCUT2D eigenvalue weighted by Gasteiger charge is -2.41. The van der Waals surface area contributed by atoms with Crippen molar-refractivity contribution < 1.29 is 9.47 Å². The molecule has 3 unspecified atom stereocenters. The molecule has 3 aromatic rings. The van der Waals surface area contributed by atoms with Gasteiger partial charge in [-0.2, -0.15) is 0 Å². The molecular formula is C22H27N5O2. The number of likely N-dealkylation sites (tertiary alicyclic amines) is 1. The number of fused-ring (bicyclic) bond motifs is 2. The number of nitrogens with one attached hydrogen (secondary N) is 2. The molecule has 0 saturated carbocycles. The summed E-state index contributed by atoms with van der Waals surface area (Å²) in [7, 11) is 1.78. The van der Waals surface area contributed by atoms with E-state index in [-0.39, 0.29) is 12.1 Å². The summed E-state index contributed by atoms with van der Waals surface area (Å²) < 4.78 is 11.7. The monoisotopic (exact) mass is 393 g/mol. The van der Waals surface area contributed by atoms with Gasteiger partial charge in [0.1, 0.15) is 30.1 Å². The zero-order valence-electron chi connectivity index (χ0n) is 16.9. The summed E-state index contributed by atoms with van der Waals surface area (Å²) in [5, 5.41) is 4.77. The molecule has 0 amide bonds. The van der Waals surface area contributed by atoms with Crippen molar-refractivity contribution >= 4 is 16.9 Å². The number of rotatable bonds is 5. The van der Waals surface area contributed by atoms with Gasteiger partial charge in [0.25, 0.3) is 0 Å². The summed E-state index contributed by atoms with van der Waals surface area (Å²) in [5.41, 5.74) is 3.10. The van der Waals surface area contributed by atoms with Crippen LogP contribution >= 0.6 is 0 Å². The Labute approximate surface area is 170 Å². The summed E-state index contributed by atoms with van der Waals surface area (Å²) in [6, 6.07) is 11.1. The van der Waals surface area contributed by atoms with Gasteiger partial charge < -0.3 is 19.8 Å². The van der Waals surface area contributed by atoms with Crippen LogP contribution in [0.3, 0.4) is 0 Å². The molecule has 4 heterocycles. The molecule has 7 heteroatoms. The zero-order valence-corrected chi connectivity index (χ0v) is 16.9. The van der Waals surface area contributed by atoms with E-state index in [1.165, 1.54) is 12.0 Å². The molecule has 0 aliphatic carbocycles. The minimum atomic E-state index is 0.0747. The van der Waals surface area contributed by atoms with Gasteiger partial charge in [0.15, 0.2) is 0 Å². The Hall–Kier alpha value is -2.64. The maximum atomic E-state index is 6.17. The molecule has 2 aliphatic rings. The second-order valence-electron chi connectivity index (χ2n) is 7.96. The molecule has 2 aliphatic heterocycles. The molecule has 7 nitrogen and oxygen atoms in total. The van der Waals surface area contributed by atoms with E-state index < -0.39 is 0 Å². The van der Waals surface area contributed by atoms with E-state index >= 15 is 0 Å². The minimum absolute atomic E-state index is 0.0747. The molecule has 29 heavy (non-hydrogen) atoms. The lowest BCUT2D eigenvalue weighted by atomic mass is 9.94. The number of aromatic nitrogens is 3. The lowest BCUT2D eigenvalue weighted by Crippen LogP contribution is -2.51. The maximum Gasteiger partial charge on any atom is 0.143 e. The van der Waals surface area contributed by atoms with Gasteiger partial charge in [-0.25, -0.2) is 9.97 Å². The minimum Gasteiger partial charge on any atom is -0.491 e. The molecule has 1 saturated heterocycles. The molecular weight excluding hydrogens is 366 g/mol. The van der Waals surface area contributed by atoms with Crippen molar-refractivity contribution in [2.45, 2.75) is 37.9 Å². The molecule has 2 aromatic heterocycles. The van der Waals surface area contributed by atoms with E-state index in [9.17, 15) is 0 Å². The highest BCUT2D eigenvalue weighted by Crippen LogP contribution is 2.39. The molecule has 2 N–H and O–H groups in total. The summed E-state index contributed by atoms with van der Waals surface area (Å²) >= 11 is 0. The topological polar surface area (TPSA) is 75.3 Å². The summed E-state index contributed by atoms with van der Waals surface area (Å²) in [4.78, 5) is 14.8. The number of anilines is 1. The Kier molecular flexibility index (Phi) is 4.85. The van der Waals surface area contributed by atoms with Crippen molar-refractivity contribution in [1.82, 2.24) is 19.9 Å². The molecule has 5 rings (SSSR count). The zero-order chi connectivity index (χ0) is 19.8. The number of hydrogen-bond acceptors (Lipinski definition) is 6. The Balaban J connectivity index is 1.54. The number of aryl methyl sites for hydroxylation is 1. The smallest absolute Gasteiger partial charge is 0.143 e. The van der Waals surface area contributed by atoms with Crippen LogP contribution in [0.4, 0.5) is 5.82 Å². The number of methoxy groups -OCH3 is 1. The summed E-state index contributed by atoms with van der Waals surface area (Å²) in [6.07, 6.45) is 3.96. The van der Waals surface area contributed by atoms with E-state index in [0.29, 0.717) is 12.6 Å². The Morgan fingerprint density at radius 3 is 3.10 bits per heavy atom. The highest BCUT2D eigenvalue weighted by Gasteiger charge is 2.40. The van der Waals surface area contributed by atoms with Crippen LogP contribution in [-0.4, -0.2) is 58.8 Å². The van der Waals surface area contributed by atoms with Gasteiger partial charge in [0.05, 0.1) is 24.1 Å². The molecule has 3 atom stereocenters. The number of benzene rings is 1.